The second-order valence-corrected chi connectivity index (χ2v) is 6.27. The predicted molar refractivity (Wildman–Crippen MR) is 88.9 cm³/mol. The number of pyridine rings is 1. The first kappa shape index (κ1) is 14.4. The van der Waals surface area contributed by atoms with Crippen molar-refractivity contribution in [2.75, 3.05) is 11.9 Å². The van der Waals surface area contributed by atoms with Crippen LogP contribution < -0.4 is 10.1 Å². The maximum atomic E-state index is 5.55. The Morgan fingerprint density at radius 1 is 1.29 bits per heavy atom. The monoisotopic (exact) mass is 346 g/mol. The standard InChI is InChI=1S/C17H19BrN2O/c1-2-21-17-16(7-4-8-19-17)20-15-10-13(11-15)12-5-3-6-14(18)9-12/h3-9,13,15,20H,2,10-11H2,1H3. The van der Waals surface area contributed by atoms with Crippen LogP contribution >= 0.6 is 15.9 Å². The number of halogens is 1. The minimum absolute atomic E-state index is 0.498. The molecule has 110 valence electrons. The van der Waals surface area contributed by atoms with Gasteiger partial charge in [-0.2, -0.15) is 0 Å². The van der Waals surface area contributed by atoms with Crippen molar-refractivity contribution in [1.29, 1.82) is 0 Å². The summed E-state index contributed by atoms with van der Waals surface area (Å²) in [5.41, 5.74) is 2.41. The molecular formula is C17H19BrN2O. The third kappa shape index (κ3) is 3.38. The third-order valence-electron chi connectivity index (χ3n) is 3.87. The Bertz CT molecular complexity index is 611. The second kappa shape index (κ2) is 6.48. The summed E-state index contributed by atoms with van der Waals surface area (Å²) in [4.78, 5) is 4.28. The van der Waals surface area contributed by atoms with E-state index in [0.29, 0.717) is 24.4 Å². The van der Waals surface area contributed by atoms with E-state index in [1.807, 2.05) is 19.1 Å². The highest BCUT2D eigenvalue weighted by Crippen LogP contribution is 2.40. The van der Waals surface area contributed by atoms with Crippen molar-refractivity contribution in [3.8, 4) is 5.88 Å². The molecule has 1 saturated carbocycles. The summed E-state index contributed by atoms with van der Waals surface area (Å²) in [6.45, 7) is 2.61. The first-order valence-electron chi connectivity index (χ1n) is 7.36. The van der Waals surface area contributed by atoms with Crippen LogP contribution in [0.4, 0.5) is 5.69 Å². The largest absolute Gasteiger partial charge is 0.476 e. The van der Waals surface area contributed by atoms with Gasteiger partial charge in [-0.05, 0) is 55.5 Å². The van der Waals surface area contributed by atoms with E-state index >= 15 is 0 Å². The van der Waals surface area contributed by atoms with Crippen molar-refractivity contribution < 1.29 is 4.74 Å². The number of rotatable bonds is 5. The molecule has 1 N–H and O–H groups in total. The fourth-order valence-electron chi connectivity index (χ4n) is 2.74. The smallest absolute Gasteiger partial charge is 0.237 e. The van der Waals surface area contributed by atoms with Gasteiger partial charge in [-0.3, -0.25) is 0 Å². The summed E-state index contributed by atoms with van der Waals surface area (Å²) in [5.74, 6) is 1.35. The molecule has 0 aliphatic heterocycles. The maximum absolute atomic E-state index is 5.55. The second-order valence-electron chi connectivity index (χ2n) is 5.35. The van der Waals surface area contributed by atoms with E-state index in [1.54, 1.807) is 6.20 Å². The molecule has 2 aromatic rings. The lowest BCUT2D eigenvalue weighted by atomic mass is 9.76. The van der Waals surface area contributed by atoms with Crippen molar-refractivity contribution in [1.82, 2.24) is 4.98 Å². The normalized spacial score (nSPS) is 20.7. The van der Waals surface area contributed by atoms with E-state index in [2.05, 4.69) is 50.5 Å². The Morgan fingerprint density at radius 2 is 2.14 bits per heavy atom. The van der Waals surface area contributed by atoms with Crippen molar-refractivity contribution in [2.24, 2.45) is 0 Å². The molecule has 0 atom stereocenters. The number of aromatic nitrogens is 1. The van der Waals surface area contributed by atoms with E-state index in [4.69, 9.17) is 4.74 Å². The minimum atomic E-state index is 0.498. The Morgan fingerprint density at radius 3 is 2.90 bits per heavy atom. The molecule has 0 unspecified atom stereocenters. The van der Waals surface area contributed by atoms with Crippen LogP contribution in [0.15, 0.2) is 47.1 Å². The summed E-state index contributed by atoms with van der Waals surface area (Å²) in [6, 6.07) is 13.1. The Balaban J connectivity index is 1.60. The predicted octanol–water partition coefficient (Wildman–Crippen LogP) is 4.60. The zero-order valence-electron chi connectivity index (χ0n) is 12.1. The SMILES string of the molecule is CCOc1ncccc1NC1CC(c2cccc(Br)c2)C1. The fraction of sp³-hybridized carbons (Fsp3) is 0.353. The molecule has 0 radical (unpaired) electrons. The molecule has 1 aromatic heterocycles. The first-order valence-corrected chi connectivity index (χ1v) is 8.15. The highest BCUT2D eigenvalue weighted by atomic mass is 79.9. The van der Waals surface area contributed by atoms with E-state index in [-0.39, 0.29) is 0 Å². The highest BCUT2D eigenvalue weighted by Gasteiger charge is 2.30. The summed E-state index contributed by atoms with van der Waals surface area (Å²) in [5, 5.41) is 3.55. The number of anilines is 1. The number of hydrogen-bond acceptors (Lipinski definition) is 3. The van der Waals surface area contributed by atoms with Gasteiger partial charge in [0, 0.05) is 16.7 Å². The van der Waals surface area contributed by atoms with Crippen molar-refractivity contribution in [3.05, 3.63) is 52.6 Å². The van der Waals surface area contributed by atoms with Crippen LogP contribution in [-0.2, 0) is 0 Å². The van der Waals surface area contributed by atoms with E-state index in [9.17, 15) is 0 Å². The van der Waals surface area contributed by atoms with Crippen LogP contribution in [0.25, 0.3) is 0 Å². The third-order valence-corrected chi connectivity index (χ3v) is 4.36. The van der Waals surface area contributed by atoms with E-state index < -0.39 is 0 Å². The quantitative estimate of drug-likeness (QED) is 0.858. The summed E-state index contributed by atoms with van der Waals surface area (Å²) in [7, 11) is 0. The van der Waals surface area contributed by atoms with Gasteiger partial charge in [0.1, 0.15) is 0 Å². The lowest BCUT2D eigenvalue weighted by Crippen LogP contribution is -2.34. The van der Waals surface area contributed by atoms with Crippen molar-refractivity contribution in [2.45, 2.75) is 31.7 Å². The molecule has 0 saturated heterocycles. The Kier molecular flexibility index (Phi) is 4.44. The number of benzene rings is 1. The summed E-state index contributed by atoms with van der Waals surface area (Å²) in [6.07, 6.45) is 4.06. The van der Waals surface area contributed by atoms with Gasteiger partial charge in [-0.25, -0.2) is 4.98 Å². The molecule has 1 aliphatic carbocycles. The van der Waals surface area contributed by atoms with Crippen molar-refractivity contribution in [3.63, 3.8) is 0 Å². The Hall–Kier alpha value is -1.55. The minimum Gasteiger partial charge on any atom is -0.476 e. The first-order chi connectivity index (χ1) is 10.3. The molecule has 3 rings (SSSR count). The molecule has 0 amide bonds. The number of nitrogens with zero attached hydrogens (tertiary/aromatic N) is 1. The average molecular weight is 347 g/mol. The zero-order valence-corrected chi connectivity index (χ0v) is 13.6. The molecule has 4 heteroatoms. The lowest BCUT2D eigenvalue weighted by molar-refractivity contribution is 0.325. The molecule has 0 spiro atoms. The van der Waals surface area contributed by atoms with Crippen LogP contribution in [0.3, 0.4) is 0 Å². The number of nitrogens with one attached hydrogen (secondary N) is 1. The van der Waals surface area contributed by atoms with Gasteiger partial charge >= 0.3 is 0 Å². The van der Waals surface area contributed by atoms with Crippen LogP contribution in [0.2, 0.25) is 0 Å². The van der Waals surface area contributed by atoms with E-state index in [1.165, 1.54) is 5.56 Å². The van der Waals surface area contributed by atoms with Crippen molar-refractivity contribution >= 4 is 21.6 Å². The topological polar surface area (TPSA) is 34.1 Å². The molecular weight excluding hydrogens is 328 g/mol. The summed E-state index contributed by atoms with van der Waals surface area (Å²) < 4.78 is 6.71. The molecule has 3 nitrogen and oxygen atoms in total. The molecule has 1 heterocycles. The van der Waals surface area contributed by atoms with Gasteiger partial charge in [0.05, 0.1) is 12.3 Å². The maximum Gasteiger partial charge on any atom is 0.237 e. The average Bonchev–Trinajstić information content (AvgIpc) is 2.44. The number of hydrogen-bond donors (Lipinski definition) is 1. The van der Waals surface area contributed by atoms with Crippen LogP contribution in [0.5, 0.6) is 5.88 Å². The van der Waals surface area contributed by atoms with Gasteiger partial charge in [0.15, 0.2) is 0 Å². The number of ether oxygens (including phenoxy) is 1. The lowest BCUT2D eigenvalue weighted by Gasteiger charge is -2.37. The van der Waals surface area contributed by atoms with E-state index in [0.717, 1.165) is 23.0 Å². The molecule has 21 heavy (non-hydrogen) atoms. The highest BCUT2D eigenvalue weighted by molar-refractivity contribution is 9.10. The molecule has 1 aromatic carbocycles. The fourth-order valence-corrected chi connectivity index (χ4v) is 3.16. The van der Waals surface area contributed by atoms with Gasteiger partial charge < -0.3 is 10.1 Å². The zero-order chi connectivity index (χ0) is 14.7. The van der Waals surface area contributed by atoms with Crippen LogP contribution in [0, 0.1) is 0 Å². The Labute approximate surface area is 133 Å². The van der Waals surface area contributed by atoms with Gasteiger partial charge in [-0.1, -0.05) is 28.1 Å². The summed E-state index contributed by atoms with van der Waals surface area (Å²) >= 11 is 3.54. The molecule has 0 bridgehead atoms. The van der Waals surface area contributed by atoms with Gasteiger partial charge in [-0.15, -0.1) is 0 Å². The van der Waals surface area contributed by atoms with Gasteiger partial charge in [0.25, 0.3) is 0 Å². The van der Waals surface area contributed by atoms with Gasteiger partial charge in [0.2, 0.25) is 5.88 Å². The molecule has 1 aliphatic rings. The molecule has 1 fully saturated rings. The van der Waals surface area contributed by atoms with Crippen LogP contribution in [0.1, 0.15) is 31.2 Å². The van der Waals surface area contributed by atoms with Crippen LogP contribution in [-0.4, -0.2) is 17.6 Å².